The van der Waals surface area contributed by atoms with Crippen molar-refractivity contribution in [1.29, 1.82) is 0 Å². The normalized spacial score (nSPS) is 11.2. The van der Waals surface area contributed by atoms with Gasteiger partial charge in [0.2, 0.25) is 5.91 Å². The summed E-state index contributed by atoms with van der Waals surface area (Å²) in [6.07, 6.45) is -3.50. The zero-order valence-corrected chi connectivity index (χ0v) is 11.4. The molecule has 0 saturated carbocycles. The van der Waals surface area contributed by atoms with Crippen molar-refractivity contribution in [1.82, 2.24) is 9.97 Å². The maximum Gasteiger partial charge on any atom is 0.433 e. The molecule has 1 amide bonds. The summed E-state index contributed by atoms with van der Waals surface area (Å²) in [5, 5.41) is 2.53. The van der Waals surface area contributed by atoms with Gasteiger partial charge >= 0.3 is 6.18 Å². The first-order chi connectivity index (χ1) is 9.95. The van der Waals surface area contributed by atoms with Crippen LogP contribution in [0.25, 0.3) is 0 Å². The van der Waals surface area contributed by atoms with Crippen LogP contribution in [0, 0.1) is 0 Å². The van der Waals surface area contributed by atoms with Crippen molar-refractivity contribution in [2.75, 3.05) is 11.1 Å². The maximum atomic E-state index is 12.5. The van der Waals surface area contributed by atoms with E-state index in [2.05, 4.69) is 15.3 Å². The molecule has 2 aromatic rings. The number of hydrogen-bond donors (Lipinski definition) is 1. The quantitative estimate of drug-likeness (QED) is 0.695. The Morgan fingerprint density at radius 3 is 2.57 bits per heavy atom. The van der Waals surface area contributed by atoms with Gasteiger partial charge in [-0.15, -0.1) is 0 Å². The Morgan fingerprint density at radius 2 is 1.90 bits per heavy atom. The van der Waals surface area contributed by atoms with Crippen molar-refractivity contribution >= 4 is 23.4 Å². The highest BCUT2D eigenvalue weighted by Crippen LogP contribution is 2.28. The number of alkyl halides is 3. The van der Waals surface area contributed by atoms with E-state index in [4.69, 9.17) is 0 Å². The van der Waals surface area contributed by atoms with E-state index in [0.717, 1.165) is 24.0 Å². The summed E-state index contributed by atoms with van der Waals surface area (Å²) in [4.78, 5) is 18.7. The van der Waals surface area contributed by atoms with Crippen LogP contribution < -0.4 is 5.32 Å². The monoisotopic (exact) mass is 313 g/mol. The number of rotatable bonds is 4. The average Bonchev–Trinajstić information content (AvgIpc) is 2.46. The second kappa shape index (κ2) is 6.57. The summed E-state index contributed by atoms with van der Waals surface area (Å²) in [7, 11) is 0. The number of amides is 1. The van der Waals surface area contributed by atoms with Crippen LogP contribution in [0.4, 0.5) is 18.9 Å². The lowest BCUT2D eigenvalue weighted by atomic mass is 10.3. The molecule has 0 aliphatic rings. The molecule has 21 heavy (non-hydrogen) atoms. The predicted octanol–water partition coefficient (Wildman–Crippen LogP) is 3.23. The third-order valence-corrected chi connectivity index (χ3v) is 3.18. The topological polar surface area (TPSA) is 54.9 Å². The van der Waals surface area contributed by atoms with Gasteiger partial charge in [0.15, 0.2) is 5.16 Å². The van der Waals surface area contributed by atoms with Crippen LogP contribution in [0.15, 0.2) is 47.8 Å². The molecule has 0 aliphatic carbocycles. The van der Waals surface area contributed by atoms with Crippen molar-refractivity contribution < 1.29 is 18.0 Å². The van der Waals surface area contributed by atoms with Crippen molar-refractivity contribution in [3.05, 3.63) is 48.3 Å². The summed E-state index contributed by atoms with van der Waals surface area (Å²) < 4.78 is 37.4. The molecule has 0 atom stereocenters. The highest BCUT2D eigenvalue weighted by Gasteiger charge is 2.32. The molecule has 0 spiro atoms. The summed E-state index contributed by atoms with van der Waals surface area (Å²) in [6, 6.07) is 9.54. The molecule has 0 radical (unpaired) electrons. The van der Waals surface area contributed by atoms with Crippen LogP contribution in [0.5, 0.6) is 0 Å². The molecule has 1 heterocycles. The number of benzene rings is 1. The molecule has 1 N–H and O–H groups in total. The number of carbonyl (C=O) groups excluding carboxylic acids is 1. The van der Waals surface area contributed by atoms with Crippen LogP contribution in [0.2, 0.25) is 0 Å². The zero-order chi connectivity index (χ0) is 15.3. The number of halogens is 3. The van der Waals surface area contributed by atoms with Crippen molar-refractivity contribution in [2.45, 2.75) is 11.3 Å². The number of aromatic nitrogens is 2. The van der Waals surface area contributed by atoms with Gasteiger partial charge in [0, 0.05) is 11.9 Å². The Balaban J connectivity index is 1.92. The first-order valence-corrected chi connectivity index (χ1v) is 6.81. The van der Waals surface area contributed by atoms with Crippen molar-refractivity contribution in [3.63, 3.8) is 0 Å². The van der Waals surface area contributed by atoms with Gasteiger partial charge < -0.3 is 5.32 Å². The molecule has 4 nitrogen and oxygen atoms in total. The lowest BCUT2D eigenvalue weighted by Gasteiger charge is -2.07. The Labute approximate surface area is 122 Å². The van der Waals surface area contributed by atoms with Crippen LogP contribution in [0.1, 0.15) is 5.69 Å². The molecule has 2 rings (SSSR count). The molecular weight excluding hydrogens is 303 g/mol. The third kappa shape index (κ3) is 4.75. The highest BCUT2D eigenvalue weighted by atomic mass is 32.2. The minimum atomic E-state index is -4.52. The first-order valence-electron chi connectivity index (χ1n) is 5.83. The van der Waals surface area contributed by atoms with E-state index >= 15 is 0 Å². The van der Waals surface area contributed by atoms with Gasteiger partial charge in [0.05, 0.1) is 5.75 Å². The molecule has 0 saturated heterocycles. The molecular formula is C13H10F3N3OS. The fourth-order valence-corrected chi connectivity index (χ4v) is 2.05. The van der Waals surface area contributed by atoms with E-state index in [-0.39, 0.29) is 16.8 Å². The van der Waals surface area contributed by atoms with Crippen LogP contribution in [0.3, 0.4) is 0 Å². The SMILES string of the molecule is O=C(CSc1nccc(C(F)(F)F)n1)Nc1ccccc1. The molecule has 0 fully saturated rings. The van der Waals surface area contributed by atoms with Gasteiger partial charge in [-0.3, -0.25) is 4.79 Å². The molecule has 0 bridgehead atoms. The average molecular weight is 313 g/mol. The Hall–Kier alpha value is -2.09. The van der Waals surface area contributed by atoms with Crippen LogP contribution >= 0.6 is 11.8 Å². The van der Waals surface area contributed by atoms with Crippen molar-refractivity contribution in [3.8, 4) is 0 Å². The standard InChI is InChI=1S/C13H10F3N3OS/c14-13(15,16)10-6-7-17-12(19-10)21-8-11(20)18-9-4-2-1-3-5-9/h1-7H,8H2,(H,18,20). The van der Waals surface area contributed by atoms with Gasteiger partial charge in [-0.05, 0) is 18.2 Å². The van der Waals surface area contributed by atoms with Crippen LogP contribution in [-0.2, 0) is 11.0 Å². The molecule has 1 aromatic carbocycles. The van der Waals surface area contributed by atoms with E-state index < -0.39 is 11.9 Å². The minimum Gasteiger partial charge on any atom is -0.325 e. The molecule has 0 unspecified atom stereocenters. The van der Waals surface area contributed by atoms with Gasteiger partial charge in [-0.2, -0.15) is 13.2 Å². The number of para-hydroxylation sites is 1. The minimum absolute atomic E-state index is 0.0732. The van der Waals surface area contributed by atoms with E-state index in [1.54, 1.807) is 30.3 Å². The number of carbonyl (C=O) groups is 1. The Bertz CT molecular complexity index is 620. The summed E-state index contributed by atoms with van der Waals surface area (Å²) >= 11 is 0.844. The lowest BCUT2D eigenvalue weighted by molar-refractivity contribution is -0.141. The molecule has 8 heteroatoms. The number of anilines is 1. The smallest absolute Gasteiger partial charge is 0.325 e. The number of nitrogens with zero attached hydrogens (tertiary/aromatic N) is 2. The Morgan fingerprint density at radius 1 is 1.19 bits per heavy atom. The number of thioether (sulfide) groups is 1. The van der Waals surface area contributed by atoms with E-state index in [9.17, 15) is 18.0 Å². The number of nitrogens with one attached hydrogen (secondary N) is 1. The number of hydrogen-bond acceptors (Lipinski definition) is 4. The first kappa shape index (κ1) is 15.3. The second-order valence-electron chi connectivity index (χ2n) is 3.93. The van der Waals surface area contributed by atoms with Gasteiger partial charge in [-0.1, -0.05) is 30.0 Å². The largest absolute Gasteiger partial charge is 0.433 e. The highest BCUT2D eigenvalue weighted by molar-refractivity contribution is 7.99. The lowest BCUT2D eigenvalue weighted by Crippen LogP contribution is -2.14. The van der Waals surface area contributed by atoms with Gasteiger partial charge in [0.1, 0.15) is 5.69 Å². The van der Waals surface area contributed by atoms with E-state index in [1.165, 1.54) is 0 Å². The molecule has 1 aromatic heterocycles. The second-order valence-corrected chi connectivity index (χ2v) is 4.87. The molecule has 110 valence electrons. The fourth-order valence-electron chi connectivity index (χ4n) is 1.42. The summed E-state index contributed by atoms with van der Waals surface area (Å²) in [6.45, 7) is 0. The maximum absolute atomic E-state index is 12.5. The van der Waals surface area contributed by atoms with Crippen LogP contribution in [-0.4, -0.2) is 21.6 Å². The van der Waals surface area contributed by atoms with E-state index in [1.807, 2.05) is 0 Å². The third-order valence-electron chi connectivity index (χ3n) is 2.31. The van der Waals surface area contributed by atoms with E-state index in [0.29, 0.717) is 5.69 Å². The van der Waals surface area contributed by atoms with Gasteiger partial charge in [0.25, 0.3) is 0 Å². The summed E-state index contributed by atoms with van der Waals surface area (Å²) in [5.74, 6) is -0.414. The molecule has 0 aliphatic heterocycles. The fraction of sp³-hybridized carbons (Fsp3) is 0.154. The van der Waals surface area contributed by atoms with Gasteiger partial charge in [-0.25, -0.2) is 9.97 Å². The Kier molecular flexibility index (Phi) is 4.79. The zero-order valence-electron chi connectivity index (χ0n) is 10.6. The van der Waals surface area contributed by atoms with Crippen molar-refractivity contribution in [2.24, 2.45) is 0 Å². The summed E-state index contributed by atoms with van der Waals surface area (Å²) in [5.41, 5.74) is -0.406. The predicted molar refractivity (Wildman–Crippen MR) is 72.8 cm³/mol.